The minimum Gasteiger partial charge on any atom is -0.353 e. The van der Waals surface area contributed by atoms with Gasteiger partial charge in [-0.1, -0.05) is 52.0 Å². The second-order valence-electron chi connectivity index (χ2n) is 7.72. The van der Waals surface area contributed by atoms with Gasteiger partial charge in [0.1, 0.15) is 0 Å². The molecule has 1 saturated heterocycles. The van der Waals surface area contributed by atoms with Crippen molar-refractivity contribution >= 4 is 22.4 Å². The summed E-state index contributed by atoms with van der Waals surface area (Å²) in [5.74, 6) is 0.758. The van der Waals surface area contributed by atoms with E-state index in [9.17, 15) is 4.79 Å². The summed E-state index contributed by atoms with van der Waals surface area (Å²) < 4.78 is 0. The van der Waals surface area contributed by atoms with Crippen LogP contribution >= 0.6 is 11.3 Å². The lowest BCUT2D eigenvalue weighted by Crippen LogP contribution is -2.45. The van der Waals surface area contributed by atoms with E-state index in [0.717, 1.165) is 36.8 Å². The molecule has 0 aliphatic carbocycles. The summed E-state index contributed by atoms with van der Waals surface area (Å²) in [5, 5.41) is 6.38. The van der Waals surface area contributed by atoms with E-state index in [2.05, 4.69) is 53.7 Å². The Morgan fingerprint density at radius 2 is 1.81 bits per heavy atom. The van der Waals surface area contributed by atoms with E-state index in [0.29, 0.717) is 12.0 Å². The number of thiazole rings is 1. The van der Waals surface area contributed by atoms with E-state index in [-0.39, 0.29) is 11.8 Å². The first-order valence-electron chi connectivity index (χ1n) is 9.55. The molecule has 0 spiro atoms. The molecule has 1 amide bonds. The molecule has 1 aromatic heterocycles. The van der Waals surface area contributed by atoms with Crippen molar-refractivity contribution in [3.05, 3.63) is 35.2 Å². The summed E-state index contributed by atoms with van der Waals surface area (Å²) >= 11 is 1.71. The third-order valence-electron chi connectivity index (χ3n) is 5.00. The van der Waals surface area contributed by atoms with E-state index in [1.807, 2.05) is 13.8 Å². The second kappa shape index (κ2) is 8.21. The summed E-state index contributed by atoms with van der Waals surface area (Å²) in [7, 11) is 0. The van der Waals surface area contributed by atoms with Crippen molar-refractivity contribution in [3.8, 4) is 11.3 Å². The summed E-state index contributed by atoms with van der Waals surface area (Å²) in [5.41, 5.74) is 3.58. The summed E-state index contributed by atoms with van der Waals surface area (Å²) in [6.07, 6.45) is 1.97. The quantitative estimate of drug-likeness (QED) is 0.830. The molecule has 0 atom stereocenters. The zero-order chi connectivity index (χ0) is 18.7. The number of amides is 1. The summed E-state index contributed by atoms with van der Waals surface area (Å²) in [4.78, 5) is 19.0. The third kappa shape index (κ3) is 4.44. The van der Waals surface area contributed by atoms with Crippen LogP contribution in [-0.4, -0.2) is 30.0 Å². The highest BCUT2D eigenvalue weighted by Gasteiger charge is 2.23. The van der Waals surface area contributed by atoms with E-state index in [1.165, 1.54) is 11.1 Å². The Labute approximate surface area is 160 Å². The number of aromatic nitrogens is 1. The fourth-order valence-corrected chi connectivity index (χ4v) is 4.05. The van der Waals surface area contributed by atoms with Crippen molar-refractivity contribution in [1.82, 2.24) is 10.3 Å². The Morgan fingerprint density at radius 3 is 2.38 bits per heavy atom. The Kier molecular flexibility index (Phi) is 5.97. The van der Waals surface area contributed by atoms with Gasteiger partial charge in [-0.25, -0.2) is 4.98 Å². The van der Waals surface area contributed by atoms with Gasteiger partial charge in [0.25, 0.3) is 0 Å². The molecule has 2 aromatic rings. The second-order valence-corrected chi connectivity index (χ2v) is 8.55. The van der Waals surface area contributed by atoms with Gasteiger partial charge in [0.05, 0.1) is 5.69 Å². The number of hydrogen-bond acceptors (Lipinski definition) is 4. The van der Waals surface area contributed by atoms with Crippen LogP contribution < -0.4 is 10.2 Å². The number of nitrogens with one attached hydrogen (secondary N) is 1. The fourth-order valence-electron chi connectivity index (χ4n) is 3.16. The fraction of sp³-hybridized carbons (Fsp3) is 0.524. The first-order valence-corrected chi connectivity index (χ1v) is 10.4. The summed E-state index contributed by atoms with van der Waals surface area (Å²) in [6.45, 7) is 10.2. The van der Waals surface area contributed by atoms with Crippen LogP contribution in [0.25, 0.3) is 11.3 Å². The van der Waals surface area contributed by atoms with Crippen LogP contribution in [0.1, 0.15) is 52.0 Å². The van der Waals surface area contributed by atoms with Crippen LogP contribution in [0.5, 0.6) is 0 Å². The minimum absolute atomic E-state index is 0.0524. The van der Waals surface area contributed by atoms with Gasteiger partial charge in [-0.3, -0.25) is 4.79 Å². The predicted molar refractivity (Wildman–Crippen MR) is 110 cm³/mol. The number of carbonyl (C=O) groups is 1. The van der Waals surface area contributed by atoms with Crippen LogP contribution in [0.15, 0.2) is 29.6 Å². The monoisotopic (exact) mass is 371 g/mol. The van der Waals surface area contributed by atoms with Crippen molar-refractivity contribution in [2.24, 2.45) is 5.92 Å². The van der Waals surface area contributed by atoms with Crippen LogP contribution in [0.2, 0.25) is 0 Å². The van der Waals surface area contributed by atoms with Gasteiger partial charge in [0, 0.05) is 36.0 Å². The van der Waals surface area contributed by atoms with Crippen molar-refractivity contribution in [1.29, 1.82) is 0 Å². The maximum absolute atomic E-state index is 11.9. The van der Waals surface area contributed by atoms with Crippen LogP contribution in [0, 0.1) is 5.92 Å². The van der Waals surface area contributed by atoms with Gasteiger partial charge in [-0.2, -0.15) is 0 Å². The molecule has 1 aliphatic heterocycles. The highest BCUT2D eigenvalue weighted by molar-refractivity contribution is 7.14. The first kappa shape index (κ1) is 18.9. The Hall–Kier alpha value is -1.88. The van der Waals surface area contributed by atoms with Crippen molar-refractivity contribution in [2.45, 2.75) is 52.5 Å². The van der Waals surface area contributed by atoms with Crippen LogP contribution in [0.4, 0.5) is 5.13 Å². The number of rotatable bonds is 5. The Bertz CT molecular complexity index is 728. The average Bonchev–Trinajstić information content (AvgIpc) is 3.12. The lowest BCUT2D eigenvalue weighted by molar-refractivity contribution is -0.124. The van der Waals surface area contributed by atoms with Crippen molar-refractivity contribution < 1.29 is 4.79 Å². The molecule has 2 heterocycles. The van der Waals surface area contributed by atoms with E-state index < -0.39 is 0 Å². The van der Waals surface area contributed by atoms with Gasteiger partial charge < -0.3 is 10.2 Å². The smallest absolute Gasteiger partial charge is 0.222 e. The van der Waals surface area contributed by atoms with Crippen LogP contribution in [0.3, 0.4) is 0 Å². The lowest BCUT2D eigenvalue weighted by atomic mass is 10.0. The molecule has 26 heavy (non-hydrogen) atoms. The molecule has 140 valence electrons. The van der Waals surface area contributed by atoms with E-state index in [4.69, 9.17) is 4.98 Å². The third-order valence-corrected chi connectivity index (χ3v) is 5.90. The molecule has 1 fully saturated rings. The highest BCUT2D eigenvalue weighted by atomic mass is 32.1. The van der Waals surface area contributed by atoms with Gasteiger partial charge in [-0.15, -0.1) is 11.3 Å². The largest absolute Gasteiger partial charge is 0.353 e. The van der Waals surface area contributed by atoms with Crippen molar-refractivity contribution in [3.63, 3.8) is 0 Å². The SMILES string of the molecule is CC(C)C(=O)NC1CCN(c2nc(-c3ccc(C(C)C)cc3)cs2)CC1. The molecular formula is C21H29N3OS. The average molecular weight is 372 g/mol. The molecular weight excluding hydrogens is 342 g/mol. The van der Waals surface area contributed by atoms with E-state index >= 15 is 0 Å². The number of piperidine rings is 1. The van der Waals surface area contributed by atoms with Gasteiger partial charge in [-0.05, 0) is 24.3 Å². The van der Waals surface area contributed by atoms with E-state index in [1.54, 1.807) is 11.3 Å². The molecule has 1 N–H and O–H groups in total. The summed E-state index contributed by atoms with van der Waals surface area (Å²) in [6, 6.07) is 9.03. The molecule has 0 bridgehead atoms. The van der Waals surface area contributed by atoms with Crippen LogP contribution in [-0.2, 0) is 4.79 Å². The standard InChI is InChI=1S/C21H29N3OS/c1-14(2)16-5-7-17(8-6-16)19-13-26-21(23-19)24-11-9-18(10-12-24)22-20(25)15(3)4/h5-8,13-15,18H,9-12H2,1-4H3,(H,22,25). The molecule has 0 unspecified atom stereocenters. The maximum atomic E-state index is 11.9. The molecule has 1 aliphatic rings. The minimum atomic E-state index is 0.0524. The highest BCUT2D eigenvalue weighted by Crippen LogP contribution is 2.30. The lowest BCUT2D eigenvalue weighted by Gasteiger charge is -2.32. The van der Waals surface area contributed by atoms with Gasteiger partial charge >= 0.3 is 0 Å². The number of hydrogen-bond donors (Lipinski definition) is 1. The number of carbonyl (C=O) groups excluding carboxylic acids is 1. The van der Waals surface area contributed by atoms with Gasteiger partial charge in [0.15, 0.2) is 5.13 Å². The molecule has 1 aromatic carbocycles. The number of benzene rings is 1. The first-order chi connectivity index (χ1) is 12.4. The molecule has 4 nitrogen and oxygen atoms in total. The Balaban J connectivity index is 1.59. The molecule has 0 saturated carbocycles. The maximum Gasteiger partial charge on any atom is 0.222 e. The molecule has 0 radical (unpaired) electrons. The number of nitrogens with zero attached hydrogens (tertiary/aromatic N) is 2. The zero-order valence-electron chi connectivity index (χ0n) is 16.2. The Morgan fingerprint density at radius 1 is 1.15 bits per heavy atom. The molecule has 3 rings (SSSR count). The topological polar surface area (TPSA) is 45.2 Å². The predicted octanol–water partition coefficient (Wildman–Crippen LogP) is 4.67. The van der Waals surface area contributed by atoms with Gasteiger partial charge in [0.2, 0.25) is 5.91 Å². The molecule has 5 heteroatoms. The van der Waals surface area contributed by atoms with Crippen molar-refractivity contribution in [2.75, 3.05) is 18.0 Å². The number of anilines is 1. The zero-order valence-corrected chi connectivity index (χ0v) is 17.0. The normalized spacial score (nSPS) is 15.7.